The zero-order valence-electron chi connectivity index (χ0n) is 12.2. The predicted octanol–water partition coefficient (Wildman–Crippen LogP) is -4.23. The maximum absolute atomic E-state index is 11.0. The molecule has 0 spiro atoms. The smallest absolute Gasteiger partial charge is 0.756 e. The summed E-state index contributed by atoms with van der Waals surface area (Å²) in [5.74, 6) is 0. The minimum atomic E-state index is -6.56. The molecule has 1 aliphatic rings. The van der Waals surface area contributed by atoms with E-state index in [1.165, 1.54) is 0 Å². The summed E-state index contributed by atoms with van der Waals surface area (Å²) in [6.07, 6.45) is 0. The molecule has 1 aliphatic heterocycles. The molecule has 0 bridgehead atoms. The monoisotopic (exact) mass is 594 g/mol. The molecule has 0 N–H and O–H groups in total. The second-order valence-corrected chi connectivity index (χ2v) is 12.5. The van der Waals surface area contributed by atoms with Crippen molar-refractivity contribution in [3.63, 3.8) is 0 Å². The van der Waals surface area contributed by atoms with Crippen molar-refractivity contribution in [3.8, 4) is 0 Å². The van der Waals surface area contributed by atoms with Crippen LogP contribution < -0.4 is 29.4 Å². The van der Waals surface area contributed by atoms with Gasteiger partial charge in [0.15, 0.2) is 0 Å². The van der Waals surface area contributed by atoms with E-state index in [0.29, 0.717) is 0 Å². The van der Waals surface area contributed by atoms with Crippen LogP contribution in [0.15, 0.2) is 0 Å². The van der Waals surface area contributed by atoms with E-state index in [4.69, 9.17) is 0 Å². The fourth-order valence-electron chi connectivity index (χ4n) is 0.824. The largest absolute Gasteiger partial charge is 2.00 e. The SMILES string of the molecule is O=P1([O-])OP(=O)([O-])OP(=O)([O-])OP(=O)([O-])OP(=O)([O-])OP(=O)([O-])O1.[Ca+2].[Ca+2].[Ca+2]. The first-order valence-corrected chi connectivity index (χ1v) is 13.1. The van der Waals surface area contributed by atoms with Crippen LogP contribution in [0.5, 0.6) is 0 Å². The van der Waals surface area contributed by atoms with Crippen LogP contribution >= 0.6 is 46.9 Å². The zero-order valence-corrected chi connectivity index (χ0v) is 24.1. The Bertz CT molecular complexity index is 588. The first-order valence-electron chi connectivity index (χ1n) is 4.38. The van der Waals surface area contributed by atoms with Gasteiger partial charge in [-0.05, 0) is 0 Å². The molecule has 0 aromatic heterocycles. The quantitative estimate of drug-likeness (QED) is 0.189. The maximum atomic E-state index is 11.0. The second-order valence-electron chi connectivity index (χ2n) is 3.17. The summed E-state index contributed by atoms with van der Waals surface area (Å²) >= 11 is 0. The van der Waals surface area contributed by atoms with Crippen LogP contribution in [0.25, 0.3) is 0 Å². The summed E-state index contributed by atoms with van der Waals surface area (Å²) in [4.78, 5) is 65.8. The zero-order chi connectivity index (χ0) is 19.2. The van der Waals surface area contributed by atoms with E-state index in [-0.39, 0.29) is 113 Å². The minimum Gasteiger partial charge on any atom is -0.756 e. The summed E-state index contributed by atoms with van der Waals surface area (Å²) in [7, 11) is -39.3. The molecule has 0 aromatic carbocycles. The molecule has 0 aliphatic carbocycles. The Morgan fingerprint density at radius 3 is 0.481 bits per heavy atom. The van der Waals surface area contributed by atoms with Gasteiger partial charge >= 0.3 is 113 Å². The van der Waals surface area contributed by atoms with Crippen LogP contribution in [0.3, 0.4) is 0 Å². The molecular formula is Ca3O18P6. The number of hydrogen-bond donors (Lipinski definition) is 0. The Labute approximate surface area is 238 Å². The van der Waals surface area contributed by atoms with Gasteiger partial charge < -0.3 is 29.4 Å². The molecule has 1 rings (SSSR count). The topological polar surface area (TPSA) is 296 Å². The molecular weight excluding hydrogens is 594 g/mol. The normalized spacial score (nSPS) is 49.1. The molecule has 1 saturated heterocycles. The standard InChI is InChI=1S/3Ca.H6O18P6/c;;;1-19(2)13-20(3,4)15-22(7,8)17-24(11,12)18-23(9,10)16-21(5,6)14-19/h;;;(H,1,2)(H,3,4)(H,5,6)(H,7,8)(H,9,10)(H,11,12)/q3*+2;/p-6. The number of rotatable bonds is 0. The third-order valence-electron chi connectivity index (χ3n) is 1.20. The molecule has 0 amide bonds. The number of phosphoric acid groups is 6. The first-order chi connectivity index (χ1) is 10.2. The van der Waals surface area contributed by atoms with E-state index in [2.05, 4.69) is 25.9 Å². The van der Waals surface area contributed by atoms with Gasteiger partial charge in [-0.25, -0.2) is 25.9 Å². The van der Waals surface area contributed by atoms with Crippen LogP contribution in [-0.4, -0.2) is 113 Å². The third-order valence-corrected chi connectivity index (χ3v) is 10.8. The second kappa shape index (κ2) is 12.4. The molecule has 27 heteroatoms. The van der Waals surface area contributed by atoms with Crippen molar-refractivity contribution in [1.29, 1.82) is 0 Å². The van der Waals surface area contributed by atoms with Crippen molar-refractivity contribution in [3.05, 3.63) is 0 Å². The average Bonchev–Trinajstić information content (AvgIpc) is 1.98. The third kappa shape index (κ3) is 15.2. The molecule has 0 saturated carbocycles. The maximum Gasteiger partial charge on any atom is 2.00 e. The van der Waals surface area contributed by atoms with E-state index in [9.17, 15) is 56.8 Å². The first kappa shape index (κ1) is 36.3. The fraction of sp³-hybridized carbons (Fsp3) is 0. The predicted molar refractivity (Wildman–Crippen MR) is 69.4 cm³/mol. The van der Waals surface area contributed by atoms with Crippen molar-refractivity contribution < 1.29 is 82.6 Å². The van der Waals surface area contributed by atoms with Gasteiger partial charge in [0.25, 0.3) is 46.9 Å². The van der Waals surface area contributed by atoms with Gasteiger partial charge in [0.2, 0.25) is 0 Å². The Morgan fingerprint density at radius 1 is 0.333 bits per heavy atom. The van der Waals surface area contributed by atoms with E-state index in [0.717, 1.165) is 0 Å². The summed E-state index contributed by atoms with van der Waals surface area (Å²) in [6.45, 7) is 0. The Hall–Kier alpha value is 4.68. The molecule has 0 aromatic rings. The van der Waals surface area contributed by atoms with Crippen LogP contribution in [0.1, 0.15) is 0 Å². The van der Waals surface area contributed by atoms with Gasteiger partial charge in [-0.3, -0.25) is 27.4 Å². The van der Waals surface area contributed by atoms with E-state index < -0.39 is 46.9 Å². The van der Waals surface area contributed by atoms with Gasteiger partial charge in [-0.2, -0.15) is 0 Å². The molecule has 1 fully saturated rings. The van der Waals surface area contributed by atoms with Crippen molar-refractivity contribution in [2.75, 3.05) is 0 Å². The molecule has 27 heavy (non-hydrogen) atoms. The summed E-state index contributed by atoms with van der Waals surface area (Å²) < 4.78 is 83.4. The summed E-state index contributed by atoms with van der Waals surface area (Å²) in [5.41, 5.74) is 0. The Morgan fingerprint density at radius 2 is 0.407 bits per heavy atom. The van der Waals surface area contributed by atoms with E-state index in [1.54, 1.807) is 0 Å². The molecule has 0 atom stereocenters. The summed E-state index contributed by atoms with van der Waals surface area (Å²) in [5, 5.41) is 0. The van der Waals surface area contributed by atoms with Crippen LogP contribution in [0.4, 0.5) is 0 Å². The fourth-order valence-corrected chi connectivity index (χ4v) is 9.03. The minimum absolute atomic E-state index is 0. The Balaban J connectivity index is -0.00000192. The van der Waals surface area contributed by atoms with Crippen molar-refractivity contribution >= 4 is 160 Å². The van der Waals surface area contributed by atoms with E-state index in [1.807, 2.05) is 0 Å². The average molecular weight is 594 g/mol. The van der Waals surface area contributed by atoms with Gasteiger partial charge in [0, 0.05) is 0 Å². The van der Waals surface area contributed by atoms with Crippen molar-refractivity contribution in [2.24, 2.45) is 0 Å². The van der Waals surface area contributed by atoms with E-state index >= 15 is 0 Å². The molecule has 1 heterocycles. The molecule has 144 valence electrons. The van der Waals surface area contributed by atoms with Crippen molar-refractivity contribution in [2.45, 2.75) is 0 Å². The van der Waals surface area contributed by atoms with Gasteiger partial charge in [-0.1, -0.05) is 0 Å². The van der Waals surface area contributed by atoms with Gasteiger partial charge in [0.05, 0.1) is 0 Å². The molecule has 18 nitrogen and oxygen atoms in total. The van der Waals surface area contributed by atoms with Crippen LogP contribution in [0, 0.1) is 0 Å². The summed E-state index contributed by atoms with van der Waals surface area (Å²) in [6, 6.07) is 0. The number of hydrogen-bond acceptors (Lipinski definition) is 18. The molecule has 0 radical (unpaired) electrons. The van der Waals surface area contributed by atoms with Gasteiger partial charge in [0.1, 0.15) is 0 Å². The van der Waals surface area contributed by atoms with Gasteiger partial charge in [-0.15, -0.1) is 0 Å². The van der Waals surface area contributed by atoms with Crippen LogP contribution in [0.2, 0.25) is 0 Å². The Kier molecular flexibility index (Phi) is 16.7. The molecule has 0 unspecified atom stereocenters. The van der Waals surface area contributed by atoms with Crippen molar-refractivity contribution in [1.82, 2.24) is 0 Å². The van der Waals surface area contributed by atoms with Crippen LogP contribution in [-0.2, 0) is 53.3 Å².